The summed E-state index contributed by atoms with van der Waals surface area (Å²) in [6.45, 7) is 2.01. The van der Waals surface area contributed by atoms with E-state index in [1.54, 1.807) is 16.7 Å². The van der Waals surface area contributed by atoms with Gasteiger partial charge in [0.2, 0.25) is 17.7 Å². The van der Waals surface area contributed by atoms with E-state index in [-0.39, 0.29) is 16.7 Å². The van der Waals surface area contributed by atoms with Crippen molar-refractivity contribution in [2.45, 2.75) is 68.3 Å². The van der Waals surface area contributed by atoms with Crippen molar-refractivity contribution < 1.29 is 14.4 Å². The van der Waals surface area contributed by atoms with Gasteiger partial charge in [-0.15, -0.1) is 11.8 Å². The number of thioether (sulfide) groups is 1. The predicted octanol–water partition coefficient (Wildman–Crippen LogP) is 0.745. The lowest BCUT2D eigenvalue weighted by Gasteiger charge is -2.37. The van der Waals surface area contributed by atoms with Crippen molar-refractivity contribution in [1.29, 1.82) is 0 Å². The minimum Gasteiger partial charge on any atom is -0.368 e. The summed E-state index contributed by atoms with van der Waals surface area (Å²) in [6.07, 6.45) is 5.31. The van der Waals surface area contributed by atoms with Crippen molar-refractivity contribution >= 4 is 29.5 Å². The quantitative estimate of drug-likeness (QED) is 0.800. The molecule has 3 fully saturated rings. The van der Waals surface area contributed by atoms with Crippen LogP contribution in [-0.4, -0.2) is 44.8 Å². The van der Waals surface area contributed by atoms with Crippen LogP contribution >= 0.6 is 11.8 Å². The summed E-state index contributed by atoms with van der Waals surface area (Å²) >= 11 is 1.65. The Morgan fingerprint density at radius 3 is 2.59 bits per heavy atom. The Morgan fingerprint density at radius 2 is 1.95 bits per heavy atom. The summed E-state index contributed by atoms with van der Waals surface area (Å²) in [5.41, 5.74) is 4.64. The highest BCUT2D eigenvalue weighted by atomic mass is 32.2. The van der Waals surface area contributed by atoms with Crippen molar-refractivity contribution in [3.05, 3.63) is 0 Å². The van der Waals surface area contributed by atoms with E-state index in [1.807, 2.05) is 6.92 Å². The molecule has 2 aliphatic heterocycles. The van der Waals surface area contributed by atoms with Crippen LogP contribution in [0.3, 0.4) is 0 Å². The first kappa shape index (κ1) is 15.6. The van der Waals surface area contributed by atoms with Crippen molar-refractivity contribution in [3.63, 3.8) is 0 Å². The monoisotopic (exact) mass is 325 g/mol. The lowest BCUT2D eigenvalue weighted by molar-refractivity contribution is -0.141. The molecule has 1 aliphatic carbocycles. The van der Waals surface area contributed by atoms with E-state index >= 15 is 0 Å². The van der Waals surface area contributed by atoms with Gasteiger partial charge in [-0.3, -0.25) is 14.4 Å². The molecule has 0 spiro atoms. The number of fused-ring (bicyclic) bond motifs is 1. The molecule has 1 saturated carbocycles. The second kappa shape index (κ2) is 5.44. The lowest BCUT2D eigenvalue weighted by atomic mass is 9.81. The van der Waals surface area contributed by atoms with E-state index < -0.39 is 17.5 Å². The first-order valence-electron chi connectivity index (χ1n) is 7.96. The highest BCUT2D eigenvalue weighted by Crippen LogP contribution is 2.47. The van der Waals surface area contributed by atoms with Crippen LogP contribution in [0.2, 0.25) is 0 Å². The fourth-order valence-electron chi connectivity index (χ4n) is 3.92. The maximum atomic E-state index is 12.7. The van der Waals surface area contributed by atoms with E-state index in [2.05, 4.69) is 5.32 Å². The van der Waals surface area contributed by atoms with Gasteiger partial charge in [-0.1, -0.05) is 19.3 Å². The van der Waals surface area contributed by atoms with E-state index in [1.165, 1.54) is 0 Å². The molecule has 22 heavy (non-hydrogen) atoms. The van der Waals surface area contributed by atoms with Gasteiger partial charge >= 0.3 is 0 Å². The molecule has 0 aromatic rings. The first-order chi connectivity index (χ1) is 10.4. The molecule has 2 saturated heterocycles. The maximum absolute atomic E-state index is 12.7. The Hall–Kier alpha value is -1.24. The van der Waals surface area contributed by atoms with Gasteiger partial charge in [0.05, 0.1) is 4.87 Å². The van der Waals surface area contributed by atoms with E-state index in [4.69, 9.17) is 5.73 Å². The number of primary amides is 1. The Morgan fingerprint density at radius 1 is 1.27 bits per heavy atom. The van der Waals surface area contributed by atoms with Gasteiger partial charge in [-0.2, -0.15) is 0 Å². The fraction of sp³-hybridized carbons (Fsp3) is 0.800. The van der Waals surface area contributed by atoms with Crippen LogP contribution in [0.1, 0.15) is 51.9 Å². The molecule has 2 atom stereocenters. The lowest BCUT2D eigenvalue weighted by Crippen LogP contribution is -2.62. The third kappa shape index (κ3) is 2.39. The number of carbonyl (C=O) groups is 3. The van der Waals surface area contributed by atoms with Crippen LogP contribution < -0.4 is 11.1 Å². The summed E-state index contributed by atoms with van der Waals surface area (Å²) in [5.74, 6) is -0.0681. The average molecular weight is 325 g/mol. The number of amides is 3. The molecule has 0 bridgehead atoms. The molecule has 3 rings (SSSR count). The second-order valence-electron chi connectivity index (χ2n) is 6.76. The first-order valence-corrected chi connectivity index (χ1v) is 8.95. The molecule has 3 amide bonds. The Labute approximate surface area is 134 Å². The smallest absolute Gasteiger partial charge is 0.244 e. The minimum absolute atomic E-state index is 0.0319. The van der Waals surface area contributed by atoms with Crippen LogP contribution in [0.5, 0.6) is 0 Å². The standard InChI is InChI=1S/C15H23N3O3S/c1-14-8-5-11(19)18(14)10(9-22-14)12(20)17-15(13(16)21)6-3-2-4-7-15/h10H,2-9H2,1H3,(H2,16,21)(H,17,20)/t10-,14+/m1/s1. The molecule has 6 nitrogen and oxygen atoms in total. The zero-order valence-corrected chi connectivity index (χ0v) is 13.7. The van der Waals surface area contributed by atoms with Crippen LogP contribution in [-0.2, 0) is 14.4 Å². The van der Waals surface area contributed by atoms with Crippen molar-refractivity contribution in [1.82, 2.24) is 10.2 Å². The Bertz CT molecular complexity index is 518. The molecule has 122 valence electrons. The van der Waals surface area contributed by atoms with Gasteiger partial charge < -0.3 is 16.0 Å². The third-order valence-corrected chi connectivity index (χ3v) is 6.79. The van der Waals surface area contributed by atoms with E-state index in [0.717, 1.165) is 25.7 Å². The summed E-state index contributed by atoms with van der Waals surface area (Å²) in [6, 6.07) is -0.483. The summed E-state index contributed by atoms with van der Waals surface area (Å²) in [7, 11) is 0. The van der Waals surface area contributed by atoms with E-state index in [9.17, 15) is 14.4 Å². The molecule has 7 heteroatoms. The molecule has 3 aliphatic rings. The van der Waals surface area contributed by atoms with Crippen molar-refractivity contribution in [2.75, 3.05) is 5.75 Å². The summed E-state index contributed by atoms with van der Waals surface area (Å²) in [5, 5.41) is 2.90. The maximum Gasteiger partial charge on any atom is 0.244 e. The molecular formula is C15H23N3O3S. The van der Waals surface area contributed by atoms with Crippen LogP contribution in [0.4, 0.5) is 0 Å². The Balaban J connectivity index is 1.76. The van der Waals surface area contributed by atoms with Gasteiger partial charge in [0.1, 0.15) is 11.6 Å². The largest absolute Gasteiger partial charge is 0.368 e. The number of hydrogen-bond acceptors (Lipinski definition) is 4. The number of rotatable bonds is 3. The Kier molecular flexibility index (Phi) is 3.87. The number of nitrogens with two attached hydrogens (primary N) is 1. The molecule has 0 radical (unpaired) electrons. The molecule has 0 aromatic heterocycles. The van der Waals surface area contributed by atoms with Crippen molar-refractivity contribution in [2.24, 2.45) is 5.73 Å². The third-order valence-electron chi connectivity index (χ3n) is 5.29. The van der Waals surface area contributed by atoms with Crippen molar-refractivity contribution in [3.8, 4) is 0 Å². The normalized spacial score (nSPS) is 33.6. The van der Waals surface area contributed by atoms with Crippen LogP contribution in [0, 0.1) is 0 Å². The number of hydrogen-bond donors (Lipinski definition) is 2. The zero-order chi connectivity index (χ0) is 16.0. The topological polar surface area (TPSA) is 92.5 Å². The minimum atomic E-state index is -0.929. The zero-order valence-electron chi connectivity index (χ0n) is 12.9. The van der Waals surface area contributed by atoms with Gasteiger partial charge in [0, 0.05) is 12.2 Å². The van der Waals surface area contributed by atoms with Crippen LogP contribution in [0.15, 0.2) is 0 Å². The van der Waals surface area contributed by atoms with Gasteiger partial charge in [-0.25, -0.2) is 0 Å². The summed E-state index contributed by atoms with van der Waals surface area (Å²) in [4.78, 5) is 38.2. The van der Waals surface area contributed by atoms with Crippen LogP contribution in [0.25, 0.3) is 0 Å². The number of nitrogens with zero attached hydrogens (tertiary/aromatic N) is 1. The molecule has 0 unspecified atom stereocenters. The molecule has 0 aromatic carbocycles. The summed E-state index contributed by atoms with van der Waals surface area (Å²) < 4.78 is 0. The fourth-order valence-corrected chi connectivity index (χ4v) is 5.35. The van der Waals surface area contributed by atoms with Gasteiger partial charge in [-0.05, 0) is 26.2 Å². The molecule has 2 heterocycles. The number of carbonyl (C=O) groups excluding carboxylic acids is 3. The predicted molar refractivity (Wildman–Crippen MR) is 83.9 cm³/mol. The highest BCUT2D eigenvalue weighted by Gasteiger charge is 2.54. The van der Waals surface area contributed by atoms with E-state index in [0.29, 0.717) is 25.0 Å². The molecule has 3 N–H and O–H groups in total. The molecular weight excluding hydrogens is 302 g/mol. The van der Waals surface area contributed by atoms with Gasteiger partial charge in [0.15, 0.2) is 0 Å². The second-order valence-corrected chi connectivity index (χ2v) is 8.26. The number of nitrogens with one attached hydrogen (secondary N) is 1. The SMILES string of the molecule is C[C@]12CCC(=O)N1[C@@H](C(=O)NC1(C(N)=O)CCCCC1)CS2. The van der Waals surface area contributed by atoms with Gasteiger partial charge in [0.25, 0.3) is 0 Å². The average Bonchev–Trinajstić information content (AvgIpc) is 2.97. The highest BCUT2D eigenvalue weighted by molar-refractivity contribution is 8.01.